The smallest absolute Gasteiger partial charge is 0.343 e. The van der Waals surface area contributed by atoms with E-state index in [0.717, 1.165) is 38.5 Å². The predicted molar refractivity (Wildman–Crippen MR) is 262 cm³/mol. The molecule has 0 bridgehead atoms. The normalized spacial score (nSPS) is 13.6. The van der Waals surface area contributed by atoms with Gasteiger partial charge in [0, 0.05) is 24.2 Å². The van der Waals surface area contributed by atoms with Crippen molar-refractivity contribution in [1.82, 2.24) is 5.32 Å². The van der Waals surface area contributed by atoms with E-state index in [0.29, 0.717) is 29.9 Å². The fraction of sp³-hybridized carbons (Fsp3) is 0.254. The second kappa shape index (κ2) is 19.5. The number of nitrogens with one attached hydrogen (secondary N) is 1. The van der Waals surface area contributed by atoms with Gasteiger partial charge in [0.2, 0.25) is 5.78 Å². The summed E-state index contributed by atoms with van der Waals surface area (Å²) in [7, 11) is 0. The molecule has 2 aliphatic rings. The molecule has 67 heavy (non-hydrogen) atoms. The van der Waals surface area contributed by atoms with Gasteiger partial charge in [0.15, 0.2) is 11.6 Å². The first-order chi connectivity index (χ1) is 32.9. The van der Waals surface area contributed by atoms with E-state index in [-0.39, 0.29) is 18.7 Å². The Morgan fingerprint density at radius 2 is 1.03 bits per heavy atom. The third-order valence-electron chi connectivity index (χ3n) is 13.6. The molecule has 0 amide bonds. The Hall–Kier alpha value is -6.93. The lowest BCUT2D eigenvalue weighted by atomic mass is 9.84. The maximum atomic E-state index is 14.4. The van der Waals surface area contributed by atoms with Crippen LogP contribution in [0.2, 0.25) is 0 Å². The van der Waals surface area contributed by atoms with Gasteiger partial charge in [-0.15, -0.1) is 0 Å². The first kappa shape index (κ1) is 43.9. The first-order valence-corrected chi connectivity index (χ1v) is 23.8. The molecule has 0 aliphatic heterocycles. The third-order valence-corrected chi connectivity index (χ3v) is 13.6. The number of carbonyl (C=O) groups is 2. The summed E-state index contributed by atoms with van der Waals surface area (Å²) in [6, 6.07) is 44.0. The van der Waals surface area contributed by atoms with Gasteiger partial charge in [-0.2, -0.15) is 0 Å². The molecule has 8 aromatic rings. The number of hydrogen-bond donors (Lipinski definition) is 1. The molecule has 338 valence electrons. The Labute approximate surface area is 388 Å². The molecule has 1 fully saturated rings. The van der Waals surface area contributed by atoms with Crippen LogP contribution in [0.5, 0.6) is 5.75 Å². The van der Waals surface area contributed by atoms with Crippen molar-refractivity contribution in [3.63, 3.8) is 0 Å². The van der Waals surface area contributed by atoms with Crippen LogP contribution in [0, 0.1) is 17.5 Å². The predicted octanol–water partition coefficient (Wildman–Crippen LogP) is 15.0. The largest absolute Gasteiger partial charge is 0.494 e. The average Bonchev–Trinajstić information content (AvgIpc) is 4.13. The van der Waals surface area contributed by atoms with Crippen LogP contribution in [0.4, 0.5) is 13.2 Å². The summed E-state index contributed by atoms with van der Waals surface area (Å²) in [5.74, 6) is -5.17. The van der Waals surface area contributed by atoms with E-state index < -0.39 is 40.3 Å². The van der Waals surface area contributed by atoms with Crippen molar-refractivity contribution >= 4 is 54.8 Å². The molecule has 2 aliphatic carbocycles. The fourth-order valence-corrected chi connectivity index (χ4v) is 10.2. The van der Waals surface area contributed by atoms with Gasteiger partial charge in [0.05, 0.1) is 12.2 Å². The highest BCUT2D eigenvalue weighted by Crippen LogP contribution is 2.57. The summed E-state index contributed by atoms with van der Waals surface area (Å²) < 4.78 is 53.2. The molecule has 0 heterocycles. The van der Waals surface area contributed by atoms with Crippen molar-refractivity contribution in [2.75, 3.05) is 6.61 Å². The first-order valence-electron chi connectivity index (χ1n) is 23.8. The lowest BCUT2D eigenvalue weighted by Gasteiger charge is -2.19. The minimum atomic E-state index is -1.43. The maximum absolute atomic E-state index is 14.4. The van der Waals surface area contributed by atoms with Crippen LogP contribution in [0.3, 0.4) is 0 Å². The molecule has 0 spiro atoms. The quantitative estimate of drug-likeness (QED) is 0.0128. The van der Waals surface area contributed by atoms with E-state index in [2.05, 4.69) is 102 Å². The monoisotopic (exact) mass is 895 g/mol. The summed E-state index contributed by atoms with van der Waals surface area (Å²) in [6.07, 6.45) is 13.2. The van der Waals surface area contributed by atoms with Gasteiger partial charge >= 0.3 is 5.97 Å². The molecule has 0 aromatic heterocycles. The molecule has 8 aromatic carbocycles. The second-order valence-electron chi connectivity index (χ2n) is 18.1. The number of halogens is 3. The Bertz CT molecular complexity index is 3070. The maximum Gasteiger partial charge on any atom is 0.343 e. The molecule has 5 nitrogen and oxygen atoms in total. The van der Waals surface area contributed by atoms with Crippen LogP contribution in [-0.4, -0.2) is 24.4 Å². The van der Waals surface area contributed by atoms with Crippen LogP contribution < -0.4 is 10.1 Å². The van der Waals surface area contributed by atoms with Gasteiger partial charge < -0.3 is 14.8 Å². The summed E-state index contributed by atoms with van der Waals surface area (Å²) in [5, 5.41) is 13.7. The number of ketones is 1. The highest BCUT2D eigenvalue weighted by molar-refractivity contribution is 6.26. The third kappa shape index (κ3) is 9.02. The number of rotatable bonds is 19. The summed E-state index contributed by atoms with van der Waals surface area (Å²) in [6.45, 7) is 0.441. The molecule has 1 saturated carbocycles. The van der Waals surface area contributed by atoms with Crippen molar-refractivity contribution in [2.24, 2.45) is 0 Å². The number of ether oxygens (including phenoxy) is 2. The number of Topliss-reactive ketones (excluding diaryl/α,β-unsaturated/α-hetero) is 1. The minimum Gasteiger partial charge on any atom is -0.494 e. The van der Waals surface area contributed by atoms with E-state index in [9.17, 15) is 22.8 Å². The number of benzene rings is 8. The Kier molecular flexibility index (Phi) is 12.8. The van der Waals surface area contributed by atoms with Crippen molar-refractivity contribution in [2.45, 2.75) is 89.2 Å². The van der Waals surface area contributed by atoms with Crippen molar-refractivity contribution in [3.8, 4) is 16.9 Å². The zero-order chi connectivity index (χ0) is 45.9. The Morgan fingerprint density at radius 3 is 1.58 bits per heavy atom. The van der Waals surface area contributed by atoms with E-state index in [1.165, 1.54) is 104 Å². The van der Waals surface area contributed by atoms with Crippen LogP contribution in [0.25, 0.3) is 54.2 Å². The van der Waals surface area contributed by atoms with Crippen LogP contribution >= 0.6 is 0 Å². The van der Waals surface area contributed by atoms with Crippen molar-refractivity contribution in [3.05, 3.63) is 185 Å². The zero-order valence-electron chi connectivity index (χ0n) is 37.4. The van der Waals surface area contributed by atoms with Crippen LogP contribution in [0.1, 0.15) is 104 Å². The van der Waals surface area contributed by atoms with Crippen molar-refractivity contribution in [1.29, 1.82) is 0 Å². The topological polar surface area (TPSA) is 64.6 Å². The zero-order valence-corrected chi connectivity index (χ0v) is 37.4. The average molecular weight is 896 g/mol. The molecular formula is C59H52F3NO4. The summed E-state index contributed by atoms with van der Waals surface area (Å²) in [4.78, 5) is 26.1. The number of unbranched alkanes of at least 4 members (excludes halogenated alkanes) is 7. The number of fused-ring (bicyclic) bond motifs is 13. The minimum absolute atomic E-state index is 0.0768. The van der Waals surface area contributed by atoms with Gasteiger partial charge in [-0.05, 0) is 115 Å². The molecular weight excluding hydrogens is 844 g/mol. The number of hydrogen-bond acceptors (Lipinski definition) is 5. The molecule has 0 unspecified atom stereocenters. The van der Waals surface area contributed by atoms with Crippen LogP contribution in [-0.2, 0) is 16.1 Å². The standard InChI is InChI=1S/C59H52F3NO4/c60-51-34-53(62)52(61)33-49(51)58(64)50(35-63-38-28-29-38)59(65)67-36-37-26-30-39(31-27-37)66-32-16-6-4-2-1-3-5-7-25-48-54-44-21-12-8-17-40(44)42-19-10-14-23-46(42)56(54)57-47-24-15-11-20-43(47)41-18-9-13-22-45(41)55(48)57/h8-15,17-24,26-27,30-31,33-35,38,48,63H,1-7,16,25,28-29,32,36H2. The molecule has 8 heteroatoms. The summed E-state index contributed by atoms with van der Waals surface area (Å²) >= 11 is 0. The highest BCUT2D eigenvalue weighted by Gasteiger charge is 2.35. The SMILES string of the molecule is O=C(OCc1ccc(OCCCCCCCCCCC2c3c(c4ccccc4c4ccccc34)-c3c2c2ccccc2c2ccccc32)cc1)C(=CNC1CC1)C(=O)c1cc(F)c(F)cc1F. The van der Waals surface area contributed by atoms with Crippen LogP contribution in [0.15, 0.2) is 145 Å². The Balaban J connectivity index is 0.696. The van der Waals surface area contributed by atoms with E-state index >= 15 is 0 Å². The number of carbonyl (C=O) groups excluding carboxylic acids is 2. The van der Waals surface area contributed by atoms with E-state index in [1.54, 1.807) is 24.3 Å². The van der Waals surface area contributed by atoms with E-state index in [4.69, 9.17) is 9.47 Å². The second-order valence-corrected chi connectivity index (χ2v) is 18.1. The molecule has 0 saturated heterocycles. The van der Waals surface area contributed by atoms with E-state index in [1.807, 2.05) is 0 Å². The molecule has 1 N–H and O–H groups in total. The molecule has 0 atom stereocenters. The molecule has 0 radical (unpaired) electrons. The molecule has 10 rings (SSSR count). The highest BCUT2D eigenvalue weighted by atomic mass is 19.2. The number of esters is 1. The lowest BCUT2D eigenvalue weighted by molar-refractivity contribution is -0.139. The van der Waals surface area contributed by atoms with Gasteiger partial charge in [0.25, 0.3) is 0 Å². The van der Waals surface area contributed by atoms with Gasteiger partial charge in [-0.3, -0.25) is 4.79 Å². The lowest BCUT2D eigenvalue weighted by Crippen LogP contribution is -2.21. The fourth-order valence-electron chi connectivity index (χ4n) is 10.2. The van der Waals surface area contributed by atoms with Gasteiger partial charge in [0.1, 0.15) is 23.7 Å². The Morgan fingerprint density at radius 1 is 0.552 bits per heavy atom. The van der Waals surface area contributed by atoms with Crippen molar-refractivity contribution < 1.29 is 32.2 Å². The summed E-state index contributed by atoms with van der Waals surface area (Å²) in [5.41, 5.74) is 5.26. The van der Waals surface area contributed by atoms with Gasteiger partial charge in [-0.25, -0.2) is 18.0 Å². The van der Waals surface area contributed by atoms with Gasteiger partial charge in [-0.1, -0.05) is 154 Å².